The summed E-state index contributed by atoms with van der Waals surface area (Å²) in [6.07, 6.45) is 4.47. The third-order valence-corrected chi connectivity index (χ3v) is 8.78. The van der Waals surface area contributed by atoms with E-state index in [4.69, 9.17) is 18.9 Å². The summed E-state index contributed by atoms with van der Waals surface area (Å²) >= 11 is 0. The molecule has 2 aliphatic rings. The molecule has 0 saturated heterocycles. The molecule has 1 aliphatic carbocycles. The molecule has 1 heterocycles. The summed E-state index contributed by atoms with van der Waals surface area (Å²) in [4.78, 5) is 0. The van der Waals surface area contributed by atoms with Gasteiger partial charge in [0.25, 0.3) is 0 Å². The zero-order chi connectivity index (χ0) is 28.4. The summed E-state index contributed by atoms with van der Waals surface area (Å²) in [6.45, 7) is 4.62. The Morgan fingerprint density at radius 1 is 0.634 bits per heavy atom. The second-order valence-corrected chi connectivity index (χ2v) is 11.2. The van der Waals surface area contributed by atoms with Gasteiger partial charge in [0.2, 0.25) is 0 Å². The predicted molar refractivity (Wildman–Crippen MR) is 164 cm³/mol. The SMILES string of the molecule is COc1ccc(C2(c3ccc(OC)cc3)C=Cc3c4c(c5cc(OC)ccc5c3O2)-c2ccccc2C4(C)C)cc1. The molecule has 0 atom stereocenters. The number of benzene rings is 5. The molecule has 0 spiro atoms. The van der Waals surface area contributed by atoms with Crippen LogP contribution < -0.4 is 18.9 Å². The van der Waals surface area contributed by atoms with Gasteiger partial charge in [-0.1, -0.05) is 68.5 Å². The first-order valence-electron chi connectivity index (χ1n) is 13.9. The van der Waals surface area contributed by atoms with E-state index in [0.717, 1.165) is 50.5 Å². The highest BCUT2D eigenvalue weighted by Gasteiger charge is 2.44. The lowest BCUT2D eigenvalue weighted by Gasteiger charge is -2.38. The van der Waals surface area contributed by atoms with Crippen molar-refractivity contribution in [2.75, 3.05) is 21.3 Å². The smallest absolute Gasteiger partial charge is 0.178 e. The summed E-state index contributed by atoms with van der Waals surface area (Å²) < 4.78 is 24.0. The second kappa shape index (κ2) is 9.17. The number of hydrogen-bond acceptors (Lipinski definition) is 4. The van der Waals surface area contributed by atoms with E-state index in [1.54, 1.807) is 21.3 Å². The van der Waals surface area contributed by atoms with E-state index in [1.807, 2.05) is 30.3 Å². The van der Waals surface area contributed by atoms with Crippen molar-refractivity contribution in [1.82, 2.24) is 0 Å². The van der Waals surface area contributed by atoms with Gasteiger partial charge in [-0.05, 0) is 76.2 Å². The zero-order valence-corrected chi connectivity index (χ0v) is 23.9. The fourth-order valence-electron chi connectivity index (χ4n) is 6.71. The van der Waals surface area contributed by atoms with E-state index in [2.05, 4.69) is 86.7 Å². The molecule has 0 unspecified atom stereocenters. The monoisotopic (exact) mass is 540 g/mol. The van der Waals surface area contributed by atoms with Gasteiger partial charge in [-0.25, -0.2) is 0 Å². The summed E-state index contributed by atoms with van der Waals surface area (Å²) in [5.41, 5.74) is 7.20. The summed E-state index contributed by atoms with van der Waals surface area (Å²) in [5.74, 6) is 3.29. The Morgan fingerprint density at radius 2 is 1.22 bits per heavy atom. The molecular formula is C37H32O4. The molecule has 0 amide bonds. The molecule has 0 bridgehead atoms. The maximum atomic E-state index is 7.33. The van der Waals surface area contributed by atoms with Gasteiger partial charge in [0.05, 0.1) is 21.3 Å². The number of rotatable bonds is 5. The molecule has 204 valence electrons. The van der Waals surface area contributed by atoms with E-state index in [9.17, 15) is 0 Å². The number of hydrogen-bond donors (Lipinski definition) is 0. The fourth-order valence-corrected chi connectivity index (χ4v) is 6.71. The Kier molecular flexibility index (Phi) is 5.65. The third-order valence-electron chi connectivity index (χ3n) is 8.78. The van der Waals surface area contributed by atoms with Crippen LogP contribution >= 0.6 is 0 Å². The van der Waals surface area contributed by atoms with E-state index < -0.39 is 5.60 Å². The largest absolute Gasteiger partial charge is 0.497 e. The lowest BCUT2D eigenvalue weighted by molar-refractivity contribution is 0.163. The first-order valence-corrected chi connectivity index (χ1v) is 13.9. The van der Waals surface area contributed by atoms with Crippen LogP contribution in [0.3, 0.4) is 0 Å². The Labute approximate surface area is 240 Å². The van der Waals surface area contributed by atoms with Crippen LogP contribution in [0.15, 0.2) is 97.1 Å². The first kappa shape index (κ1) is 25.3. The van der Waals surface area contributed by atoms with Crippen LogP contribution in [0, 0.1) is 0 Å². The van der Waals surface area contributed by atoms with Gasteiger partial charge in [0, 0.05) is 27.5 Å². The van der Waals surface area contributed by atoms with Crippen LogP contribution in [0.1, 0.15) is 41.7 Å². The molecule has 0 aromatic heterocycles. The molecule has 1 aliphatic heterocycles. The molecule has 0 N–H and O–H groups in total. The summed E-state index contributed by atoms with van der Waals surface area (Å²) in [5, 5.41) is 2.19. The van der Waals surface area contributed by atoms with Crippen LogP contribution in [0.25, 0.3) is 28.0 Å². The van der Waals surface area contributed by atoms with Crippen LogP contribution in [-0.2, 0) is 11.0 Å². The van der Waals surface area contributed by atoms with E-state index in [0.29, 0.717) is 0 Å². The quantitative estimate of drug-likeness (QED) is 0.224. The van der Waals surface area contributed by atoms with Gasteiger partial charge in [-0.15, -0.1) is 0 Å². The molecule has 7 rings (SSSR count). The Bertz CT molecular complexity index is 1780. The third kappa shape index (κ3) is 3.60. The molecule has 41 heavy (non-hydrogen) atoms. The van der Waals surface area contributed by atoms with Crippen LogP contribution in [-0.4, -0.2) is 21.3 Å². The minimum Gasteiger partial charge on any atom is -0.497 e. The topological polar surface area (TPSA) is 36.9 Å². The van der Waals surface area contributed by atoms with Crippen LogP contribution in [0.2, 0.25) is 0 Å². The highest BCUT2D eigenvalue weighted by Crippen LogP contribution is 2.58. The van der Waals surface area contributed by atoms with Crippen LogP contribution in [0.5, 0.6) is 23.0 Å². The molecule has 0 fully saturated rings. The minimum absolute atomic E-state index is 0.207. The lowest BCUT2D eigenvalue weighted by Crippen LogP contribution is -2.35. The average Bonchev–Trinajstić information content (AvgIpc) is 3.27. The van der Waals surface area contributed by atoms with Crippen molar-refractivity contribution < 1.29 is 18.9 Å². The predicted octanol–water partition coefficient (Wildman–Crippen LogP) is 8.52. The lowest BCUT2D eigenvalue weighted by atomic mass is 9.77. The van der Waals surface area contributed by atoms with Crippen molar-refractivity contribution in [3.63, 3.8) is 0 Å². The van der Waals surface area contributed by atoms with Crippen molar-refractivity contribution in [3.05, 3.63) is 125 Å². The molecule has 0 saturated carbocycles. The normalized spacial score (nSPS) is 15.4. The Morgan fingerprint density at radius 3 is 1.83 bits per heavy atom. The van der Waals surface area contributed by atoms with Gasteiger partial charge in [0.1, 0.15) is 23.0 Å². The Balaban J connectivity index is 1.54. The average molecular weight is 541 g/mol. The Hall–Kier alpha value is -4.70. The van der Waals surface area contributed by atoms with Gasteiger partial charge >= 0.3 is 0 Å². The van der Waals surface area contributed by atoms with Gasteiger partial charge < -0.3 is 18.9 Å². The number of methoxy groups -OCH3 is 3. The summed E-state index contributed by atoms with van der Waals surface area (Å²) in [6, 6.07) is 31.3. The van der Waals surface area contributed by atoms with E-state index in [-0.39, 0.29) is 5.41 Å². The zero-order valence-electron chi connectivity index (χ0n) is 23.9. The van der Waals surface area contributed by atoms with Crippen molar-refractivity contribution in [1.29, 1.82) is 0 Å². The highest BCUT2D eigenvalue weighted by molar-refractivity contribution is 6.09. The van der Waals surface area contributed by atoms with Gasteiger partial charge in [0.15, 0.2) is 5.60 Å². The number of ether oxygens (including phenoxy) is 4. The van der Waals surface area contributed by atoms with Crippen molar-refractivity contribution in [2.45, 2.75) is 24.9 Å². The van der Waals surface area contributed by atoms with Crippen molar-refractivity contribution >= 4 is 16.8 Å². The molecule has 5 aromatic rings. The second-order valence-electron chi connectivity index (χ2n) is 11.2. The summed E-state index contributed by atoms with van der Waals surface area (Å²) in [7, 11) is 5.08. The molecule has 4 heteroatoms. The molecule has 0 radical (unpaired) electrons. The van der Waals surface area contributed by atoms with Crippen molar-refractivity contribution in [3.8, 4) is 34.1 Å². The fraction of sp³-hybridized carbons (Fsp3) is 0.189. The molecule has 5 aromatic carbocycles. The molecular weight excluding hydrogens is 508 g/mol. The minimum atomic E-state index is -0.859. The standard InChI is InChI=1S/C37H32O4/c1-36(2)32-9-7-6-8-29(32)33-31-22-27(40-5)18-19-28(31)35-30(34(33)36)20-21-37(41-35,23-10-14-25(38-3)15-11-23)24-12-16-26(39-4)17-13-24/h6-22H,1-5H3. The maximum Gasteiger partial charge on any atom is 0.178 e. The van der Waals surface area contributed by atoms with Gasteiger partial charge in [-0.3, -0.25) is 0 Å². The first-order chi connectivity index (χ1) is 19.9. The maximum absolute atomic E-state index is 7.33. The van der Waals surface area contributed by atoms with Crippen LogP contribution in [0.4, 0.5) is 0 Å². The van der Waals surface area contributed by atoms with Gasteiger partial charge in [-0.2, -0.15) is 0 Å². The van der Waals surface area contributed by atoms with Crippen molar-refractivity contribution in [2.24, 2.45) is 0 Å². The van der Waals surface area contributed by atoms with E-state index >= 15 is 0 Å². The highest BCUT2D eigenvalue weighted by atomic mass is 16.5. The number of fused-ring (bicyclic) bond motifs is 8. The molecule has 4 nitrogen and oxygen atoms in total. The van der Waals surface area contributed by atoms with E-state index in [1.165, 1.54) is 22.3 Å².